The number of H-pyrrole nitrogens is 1. The minimum atomic E-state index is -0.268. The van der Waals surface area contributed by atoms with Gasteiger partial charge in [0.05, 0.1) is 17.3 Å². The molecule has 2 N–H and O–H groups in total. The minimum Gasteiger partial charge on any atom is -0.371 e. The molecule has 1 aliphatic heterocycles. The fourth-order valence-electron chi connectivity index (χ4n) is 2.73. The smallest absolute Gasteiger partial charge is 0.231 e. The van der Waals surface area contributed by atoms with Crippen molar-refractivity contribution in [2.45, 2.75) is 25.9 Å². The highest BCUT2D eigenvalue weighted by atomic mass is 16.5. The number of hydrogen-bond donors (Lipinski definition) is 2. The van der Waals surface area contributed by atoms with Crippen LogP contribution in [0.5, 0.6) is 0 Å². The highest BCUT2D eigenvalue weighted by molar-refractivity contribution is 5.92. The van der Waals surface area contributed by atoms with Crippen molar-refractivity contribution in [2.75, 3.05) is 11.9 Å². The maximum absolute atomic E-state index is 12.6. The number of anilines is 1. The topological polar surface area (TPSA) is 84.8 Å². The molecule has 0 saturated carbocycles. The van der Waals surface area contributed by atoms with E-state index in [2.05, 4.69) is 20.6 Å². The summed E-state index contributed by atoms with van der Waals surface area (Å²) in [6, 6.07) is 3.71. The summed E-state index contributed by atoms with van der Waals surface area (Å²) >= 11 is 0. The zero-order chi connectivity index (χ0) is 14.8. The van der Waals surface area contributed by atoms with Crippen LogP contribution >= 0.6 is 0 Å². The Morgan fingerprint density at radius 3 is 3.10 bits per heavy atom. The van der Waals surface area contributed by atoms with Crippen LogP contribution in [0.15, 0.2) is 18.3 Å². The van der Waals surface area contributed by atoms with Crippen molar-refractivity contribution in [3.8, 4) is 0 Å². The maximum Gasteiger partial charge on any atom is 0.231 e. The van der Waals surface area contributed by atoms with Crippen molar-refractivity contribution in [3.63, 3.8) is 0 Å². The Kier molecular flexibility index (Phi) is 3.74. The van der Waals surface area contributed by atoms with Gasteiger partial charge in [0.15, 0.2) is 0 Å². The molecule has 0 bridgehead atoms. The summed E-state index contributed by atoms with van der Waals surface area (Å²) in [5, 5.41) is 14.0. The Morgan fingerprint density at radius 2 is 2.43 bits per heavy atom. The van der Waals surface area contributed by atoms with E-state index >= 15 is 0 Å². The van der Waals surface area contributed by atoms with Crippen molar-refractivity contribution in [2.24, 2.45) is 13.0 Å². The lowest BCUT2D eigenvalue weighted by Crippen LogP contribution is -2.33. The molecule has 7 heteroatoms. The molecular weight excluding hydrogens is 270 g/mol. The highest BCUT2D eigenvalue weighted by Crippen LogP contribution is 2.33. The lowest BCUT2D eigenvalue weighted by molar-refractivity contribution is -0.129. The van der Waals surface area contributed by atoms with Crippen molar-refractivity contribution in [1.82, 2.24) is 20.0 Å². The molecule has 21 heavy (non-hydrogen) atoms. The number of carbonyl (C=O) groups is 1. The predicted octanol–water partition coefficient (Wildman–Crippen LogP) is 1.56. The van der Waals surface area contributed by atoms with E-state index in [-0.39, 0.29) is 17.9 Å². The largest absolute Gasteiger partial charge is 0.371 e. The van der Waals surface area contributed by atoms with Gasteiger partial charge in [0.1, 0.15) is 11.9 Å². The molecule has 3 heterocycles. The number of nitrogens with zero attached hydrogens (tertiary/aromatic N) is 3. The number of aromatic amines is 1. The van der Waals surface area contributed by atoms with E-state index in [1.54, 1.807) is 10.9 Å². The first kappa shape index (κ1) is 13.8. The molecule has 1 amide bonds. The summed E-state index contributed by atoms with van der Waals surface area (Å²) in [5.41, 5.74) is 1.72. The van der Waals surface area contributed by atoms with E-state index in [0.717, 1.165) is 24.2 Å². The molecule has 0 spiro atoms. The normalized spacial score (nSPS) is 22.2. The molecule has 2 atom stereocenters. The van der Waals surface area contributed by atoms with Gasteiger partial charge in [0.2, 0.25) is 5.91 Å². The molecule has 1 fully saturated rings. The van der Waals surface area contributed by atoms with Crippen LogP contribution < -0.4 is 5.32 Å². The number of rotatable bonds is 3. The van der Waals surface area contributed by atoms with E-state index in [1.807, 2.05) is 26.1 Å². The van der Waals surface area contributed by atoms with Crippen LogP contribution in [-0.4, -0.2) is 32.5 Å². The van der Waals surface area contributed by atoms with E-state index in [4.69, 9.17) is 4.74 Å². The summed E-state index contributed by atoms with van der Waals surface area (Å²) < 4.78 is 7.44. The molecule has 2 aromatic rings. The average Bonchev–Trinajstić information content (AvgIpc) is 3.09. The molecule has 0 radical (unpaired) electrons. The number of hydrogen-bond acceptors (Lipinski definition) is 4. The number of nitrogens with one attached hydrogen (secondary N) is 2. The summed E-state index contributed by atoms with van der Waals surface area (Å²) in [4.78, 5) is 12.6. The van der Waals surface area contributed by atoms with Gasteiger partial charge in [0.25, 0.3) is 0 Å². The van der Waals surface area contributed by atoms with Gasteiger partial charge in [0, 0.05) is 25.9 Å². The maximum atomic E-state index is 12.6. The third kappa shape index (κ3) is 2.82. The second-order valence-corrected chi connectivity index (χ2v) is 5.34. The van der Waals surface area contributed by atoms with Gasteiger partial charge in [-0.15, -0.1) is 0 Å². The van der Waals surface area contributed by atoms with E-state index < -0.39 is 0 Å². The molecular formula is C14H19N5O2. The third-order valence-electron chi connectivity index (χ3n) is 3.74. The second-order valence-electron chi connectivity index (χ2n) is 5.34. The summed E-state index contributed by atoms with van der Waals surface area (Å²) in [5.74, 6) is 0.429. The molecule has 0 aromatic carbocycles. The monoisotopic (exact) mass is 289 g/mol. The third-order valence-corrected chi connectivity index (χ3v) is 3.74. The van der Waals surface area contributed by atoms with Crippen LogP contribution in [0.3, 0.4) is 0 Å². The second kappa shape index (κ2) is 5.69. The van der Waals surface area contributed by atoms with Crippen molar-refractivity contribution in [3.05, 3.63) is 29.7 Å². The molecule has 7 nitrogen and oxygen atoms in total. The average molecular weight is 289 g/mol. The van der Waals surface area contributed by atoms with Crippen LogP contribution in [0.1, 0.15) is 30.3 Å². The van der Waals surface area contributed by atoms with Gasteiger partial charge >= 0.3 is 0 Å². The lowest BCUT2D eigenvalue weighted by Gasteiger charge is -2.29. The molecule has 0 unspecified atom stereocenters. The van der Waals surface area contributed by atoms with Gasteiger partial charge in [-0.3, -0.25) is 14.6 Å². The first-order chi connectivity index (χ1) is 10.1. The Balaban J connectivity index is 1.77. The van der Waals surface area contributed by atoms with Gasteiger partial charge in [-0.25, -0.2) is 0 Å². The molecule has 2 aromatic heterocycles. The number of amides is 1. The van der Waals surface area contributed by atoms with Crippen LogP contribution in [0.2, 0.25) is 0 Å². The van der Waals surface area contributed by atoms with E-state index in [1.165, 1.54) is 0 Å². The van der Waals surface area contributed by atoms with Crippen LogP contribution in [-0.2, 0) is 16.6 Å². The lowest BCUT2D eigenvalue weighted by atomic mass is 9.91. The van der Waals surface area contributed by atoms with Crippen molar-refractivity contribution < 1.29 is 9.53 Å². The first-order valence-electron chi connectivity index (χ1n) is 7.07. The zero-order valence-corrected chi connectivity index (χ0v) is 12.2. The Morgan fingerprint density at radius 1 is 1.57 bits per heavy atom. The first-order valence-corrected chi connectivity index (χ1v) is 7.07. The van der Waals surface area contributed by atoms with Crippen molar-refractivity contribution in [1.29, 1.82) is 0 Å². The predicted molar refractivity (Wildman–Crippen MR) is 76.6 cm³/mol. The Hall–Kier alpha value is -2.15. The fourth-order valence-corrected chi connectivity index (χ4v) is 2.73. The summed E-state index contributed by atoms with van der Waals surface area (Å²) in [7, 11) is 1.81. The Labute approximate surface area is 122 Å². The molecule has 3 rings (SSSR count). The van der Waals surface area contributed by atoms with Gasteiger partial charge < -0.3 is 10.1 Å². The SMILES string of the molecule is Cc1cc(NC(=O)[C@@H]2CCCO[C@H]2c2ccn[nH]2)n(C)n1. The van der Waals surface area contributed by atoms with Gasteiger partial charge in [-0.1, -0.05) is 0 Å². The zero-order valence-electron chi connectivity index (χ0n) is 12.2. The summed E-state index contributed by atoms with van der Waals surface area (Å²) in [6.07, 6.45) is 3.09. The van der Waals surface area contributed by atoms with Crippen molar-refractivity contribution >= 4 is 11.7 Å². The van der Waals surface area contributed by atoms with Crippen LogP contribution in [0.25, 0.3) is 0 Å². The number of ether oxygens (including phenoxy) is 1. The number of carbonyl (C=O) groups excluding carboxylic acids is 1. The minimum absolute atomic E-state index is 0.0442. The van der Waals surface area contributed by atoms with E-state index in [9.17, 15) is 4.79 Å². The molecule has 1 saturated heterocycles. The number of aryl methyl sites for hydroxylation is 2. The quantitative estimate of drug-likeness (QED) is 0.898. The van der Waals surface area contributed by atoms with Crippen LogP contribution in [0.4, 0.5) is 5.82 Å². The standard InChI is InChI=1S/C14H19N5O2/c1-9-8-12(19(2)18-9)16-14(20)10-4-3-7-21-13(10)11-5-6-15-17-11/h5-6,8,10,13H,3-4,7H2,1-2H3,(H,15,17)(H,16,20)/t10-,13-/m1/s1. The van der Waals surface area contributed by atoms with Gasteiger partial charge in [-0.2, -0.15) is 10.2 Å². The summed E-state index contributed by atoms with van der Waals surface area (Å²) in [6.45, 7) is 2.56. The number of aromatic nitrogens is 4. The Bertz CT molecular complexity index is 619. The molecule has 112 valence electrons. The highest BCUT2D eigenvalue weighted by Gasteiger charge is 2.34. The van der Waals surface area contributed by atoms with Crippen LogP contribution in [0, 0.1) is 12.8 Å². The molecule has 1 aliphatic rings. The molecule has 0 aliphatic carbocycles. The fraction of sp³-hybridized carbons (Fsp3) is 0.500. The van der Waals surface area contributed by atoms with E-state index in [0.29, 0.717) is 12.4 Å². The van der Waals surface area contributed by atoms with Gasteiger partial charge in [-0.05, 0) is 25.8 Å².